The predicted octanol–water partition coefficient (Wildman–Crippen LogP) is 1.28. The van der Waals surface area contributed by atoms with Crippen LogP contribution in [0.1, 0.15) is 38.2 Å². The molecule has 0 radical (unpaired) electrons. The van der Waals surface area contributed by atoms with Crippen molar-refractivity contribution in [1.82, 2.24) is 25.5 Å². The molecule has 0 fully saturated rings. The molecule has 0 aromatic carbocycles. The first-order valence-corrected chi connectivity index (χ1v) is 7.59. The molecule has 2 atom stereocenters. The first-order valence-electron chi connectivity index (χ1n) is 6.19. The number of nitrogens with one attached hydrogen (secondary N) is 1. The zero-order valence-corrected chi connectivity index (χ0v) is 12.4. The number of aromatic nitrogens is 4. The monoisotopic (exact) mass is 273 g/mol. The number of ether oxygens (including phenoxy) is 1. The Balaban J connectivity index is 2.57. The number of hydrogen-bond donors (Lipinski definition) is 1. The second-order valence-corrected chi connectivity index (χ2v) is 5.27. The second-order valence-electron chi connectivity index (χ2n) is 4.28. The Hall–Kier alpha value is -0.660. The normalized spacial score (nSPS) is 14.7. The zero-order valence-electron chi connectivity index (χ0n) is 11.6. The highest BCUT2D eigenvalue weighted by Crippen LogP contribution is 2.17. The molecule has 1 heterocycles. The maximum absolute atomic E-state index is 5.02. The van der Waals surface area contributed by atoms with E-state index in [0.717, 1.165) is 24.5 Å². The third-order valence-electron chi connectivity index (χ3n) is 2.82. The smallest absolute Gasteiger partial charge is 0.168 e. The van der Waals surface area contributed by atoms with Crippen molar-refractivity contribution in [2.75, 3.05) is 32.3 Å². The SMILES string of the molecule is COCCNC(C)c1nnnn1C(C)CCSC. The van der Waals surface area contributed by atoms with Gasteiger partial charge in [-0.1, -0.05) is 0 Å². The topological polar surface area (TPSA) is 64.9 Å². The van der Waals surface area contributed by atoms with Crippen LogP contribution in [0, 0.1) is 0 Å². The van der Waals surface area contributed by atoms with Gasteiger partial charge >= 0.3 is 0 Å². The molecule has 18 heavy (non-hydrogen) atoms. The standard InChI is InChI=1S/C11H23N5OS/c1-9(5-8-18-4)16-11(13-14-15-16)10(2)12-6-7-17-3/h9-10,12H,5-8H2,1-4H3. The third kappa shape index (κ3) is 4.55. The molecular formula is C11H23N5OS. The molecule has 2 unspecified atom stereocenters. The minimum absolute atomic E-state index is 0.131. The highest BCUT2D eigenvalue weighted by molar-refractivity contribution is 7.98. The van der Waals surface area contributed by atoms with Gasteiger partial charge in [0.1, 0.15) is 0 Å². The van der Waals surface area contributed by atoms with Crippen LogP contribution in [0.25, 0.3) is 0 Å². The minimum atomic E-state index is 0.131. The molecule has 0 saturated heterocycles. The predicted molar refractivity (Wildman–Crippen MR) is 73.8 cm³/mol. The van der Waals surface area contributed by atoms with Crippen LogP contribution in [0.2, 0.25) is 0 Å². The summed E-state index contributed by atoms with van der Waals surface area (Å²) in [6, 6.07) is 0.459. The molecule has 1 rings (SSSR count). The van der Waals surface area contributed by atoms with E-state index in [1.54, 1.807) is 7.11 Å². The van der Waals surface area contributed by atoms with E-state index < -0.39 is 0 Å². The molecule has 0 amide bonds. The van der Waals surface area contributed by atoms with Crippen LogP contribution in [0.5, 0.6) is 0 Å². The lowest BCUT2D eigenvalue weighted by molar-refractivity contribution is 0.195. The average molecular weight is 273 g/mol. The van der Waals surface area contributed by atoms with E-state index in [1.165, 1.54) is 0 Å². The van der Waals surface area contributed by atoms with Gasteiger partial charge in [-0.3, -0.25) is 0 Å². The molecule has 0 spiro atoms. The van der Waals surface area contributed by atoms with Crippen molar-refractivity contribution in [2.24, 2.45) is 0 Å². The van der Waals surface area contributed by atoms with Crippen LogP contribution in [0.15, 0.2) is 0 Å². The molecule has 6 nitrogen and oxygen atoms in total. The molecule has 0 aliphatic carbocycles. The number of rotatable bonds is 9. The fourth-order valence-corrected chi connectivity index (χ4v) is 2.26. The highest BCUT2D eigenvalue weighted by atomic mass is 32.2. The van der Waals surface area contributed by atoms with Gasteiger partial charge in [0, 0.05) is 13.7 Å². The van der Waals surface area contributed by atoms with Crippen molar-refractivity contribution in [3.8, 4) is 0 Å². The molecule has 0 bridgehead atoms. The van der Waals surface area contributed by atoms with Gasteiger partial charge in [0.2, 0.25) is 0 Å². The summed E-state index contributed by atoms with van der Waals surface area (Å²) in [5.74, 6) is 2.01. The number of tetrazole rings is 1. The summed E-state index contributed by atoms with van der Waals surface area (Å²) in [5.41, 5.74) is 0. The molecule has 0 saturated carbocycles. The molecule has 1 aromatic heterocycles. The van der Waals surface area contributed by atoms with E-state index in [-0.39, 0.29) is 6.04 Å². The molecular weight excluding hydrogens is 250 g/mol. The van der Waals surface area contributed by atoms with E-state index in [4.69, 9.17) is 4.74 Å². The van der Waals surface area contributed by atoms with Gasteiger partial charge in [-0.15, -0.1) is 5.10 Å². The molecule has 0 aliphatic rings. The first kappa shape index (κ1) is 15.4. The van der Waals surface area contributed by atoms with Crippen molar-refractivity contribution in [3.63, 3.8) is 0 Å². The fourth-order valence-electron chi connectivity index (χ4n) is 1.68. The largest absolute Gasteiger partial charge is 0.383 e. The summed E-state index contributed by atoms with van der Waals surface area (Å²) < 4.78 is 6.93. The lowest BCUT2D eigenvalue weighted by Gasteiger charge is -2.17. The van der Waals surface area contributed by atoms with Crippen molar-refractivity contribution >= 4 is 11.8 Å². The summed E-state index contributed by atoms with van der Waals surface area (Å²) in [7, 11) is 1.70. The van der Waals surface area contributed by atoms with Crippen molar-refractivity contribution in [1.29, 1.82) is 0 Å². The lowest BCUT2D eigenvalue weighted by Crippen LogP contribution is -2.26. The second kappa shape index (κ2) is 8.44. The van der Waals surface area contributed by atoms with Gasteiger partial charge in [-0.05, 0) is 42.7 Å². The summed E-state index contributed by atoms with van der Waals surface area (Å²) in [6.07, 6.45) is 3.19. The van der Waals surface area contributed by atoms with Crippen LogP contribution in [0.4, 0.5) is 0 Å². The van der Waals surface area contributed by atoms with Crippen LogP contribution >= 0.6 is 11.8 Å². The maximum Gasteiger partial charge on any atom is 0.168 e. The Morgan fingerprint density at radius 2 is 2.22 bits per heavy atom. The molecule has 0 aliphatic heterocycles. The first-order chi connectivity index (χ1) is 8.70. The van der Waals surface area contributed by atoms with Crippen LogP contribution in [0.3, 0.4) is 0 Å². The Morgan fingerprint density at radius 3 is 2.89 bits per heavy atom. The zero-order chi connectivity index (χ0) is 13.4. The van der Waals surface area contributed by atoms with Gasteiger partial charge < -0.3 is 10.1 Å². The molecule has 7 heteroatoms. The van der Waals surface area contributed by atoms with Gasteiger partial charge in [-0.2, -0.15) is 11.8 Å². The number of thioether (sulfide) groups is 1. The Kier molecular flexibility index (Phi) is 7.22. The van der Waals surface area contributed by atoms with E-state index in [1.807, 2.05) is 16.4 Å². The van der Waals surface area contributed by atoms with Crippen molar-refractivity contribution in [2.45, 2.75) is 32.4 Å². The Morgan fingerprint density at radius 1 is 1.44 bits per heavy atom. The van der Waals surface area contributed by atoms with Gasteiger partial charge in [0.05, 0.1) is 18.7 Å². The molecule has 1 aromatic rings. The summed E-state index contributed by atoms with van der Waals surface area (Å²) >= 11 is 1.84. The maximum atomic E-state index is 5.02. The van der Waals surface area contributed by atoms with E-state index in [2.05, 4.69) is 40.9 Å². The average Bonchev–Trinajstić information content (AvgIpc) is 2.85. The van der Waals surface area contributed by atoms with Gasteiger partial charge in [-0.25, -0.2) is 4.68 Å². The molecule has 1 N–H and O–H groups in total. The summed E-state index contributed by atoms with van der Waals surface area (Å²) in [6.45, 7) is 5.70. The van der Waals surface area contributed by atoms with Crippen LogP contribution in [-0.2, 0) is 4.74 Å². The van der Waals surface area contributed by atoms with Gasteiger partial charge in [0.25, 0.3) is 0 Å². The molecule has 104 valence electrons. The third-order valence-corrected chi connectivity index (χ3v) is 3.46. The highest BCUT2D eigenvalue weighted by Gasteiger charge is 2.17. The lowest BCUT2D eigenvalue weighted by atomic mass is 10.2. The summed E-state index contributed by atoms with van der Waals surface area (Å²) in [5, 5.41) is 15.3. The van der Waals surface area contributed by atoms with Crippen LogP contribution in [-0.4, -0.2) is 52.5 Å². The Bertz CT molecular complexity index is 333. The number of nitrogens with zero attached hydrogens (tertiary/aromatic N) is 4. The van der Waals surface area contributed by atoms with E-state index >= 15 is 0 Å². The van der Waals surface area contributed by atoms with E-state index in [0.29, 0.717) is 12.6 Å². The van der Waals surface area contributed by atoms with Crippen molar-refractivity contribution in [3.05, 3.63) is 5.82 Å². The fraction of sp³-hybridized carbons (Fsp3) is 0.909. The minimum Gasteiger partial charge on any atom is -0.383 e. The number of methoxy groups -OCH3 is 1. The van der Waals surface area contributed by atoms with Crippen LogP contribution < -0.4 is 5.32 Å². The Labute approximate surface area is 113 Å². The quantitative estimate of drug-likeness (QED) is 0.684. The number of hydrogen-bond acceptors (Lipinski definition) is 6. The van der Waals surface area contributed by atoms with E-state index in [9.17, 15) is 0 Å². The summed E-state index contributed by atoms with van der Waals surface area (Å²) in [4.78, 5) is 0. The van der Waals surface area contributed by atoms with Crippen molar-refractivity contribution < 1.29 is 4.74 Å². The van der Waals surface area contributed by atoms with Gasteiger partial charge in [0.15, 0.2) is 5.82 Å².